The first kappa shape index (κ1) is 11.7. The standard InChI is InChI=1S/C16H23N3/c1-2-12(3-1)10-13-6-7-18-16-15(13)5-4-14-11-17-8-9-19(14)16/h6-7,12,14,17H,1-5,8-11H2/t14-/m1/s1. The fourth-order valence-electron chi connectivity index (χ4n) is 3.85. The molecule has 3 aliphatic rings. The van der Waals surface area contributed by atoms with Gasteiger partial charge in [-0.25, -0.2) is 4.98 Å². The van der Waals surface area contributed by atoms with E-state index in [0.717, 1.165) is 25.6 Å². The number of nitrogens with one attached hydrogen (secondary N) is 1. The Bertz CT molecular complexity index is 467. The van der Waals surface area contributed by atoms with E-state index in [1.54, 1.807) is 11.1 Å². The number of nitrogens with zero attached hydrogens (tertiary/aromatic N) is 2. The molecule has 0 aromatic carbocycles. The highest BCUT2D eigenvalue weighted by atomic mass is 15.3. The highest BCUT2D eigenvalue weighted by Gasteiger charge is 2.31. The predicted molar refractivity (Wildman–Crippen MR) is 77.6 cm³/mol. The van der Waals surface area contributed by atoms with Gasteiger partial charge in [-0.2, -0.15) is 0 Å². The second-order valence-electron chi connectivity index (χ2n) is 6.36. The van der Waals surface area contributed by atoms with Gasteiger partial charge in [-0.1, -0.05) is 19.3 Å². The van der Waals surface area contributed by atoms with E-state index in [1.807, 2.05) is 6.20 Å². The lowest BCUT2D eigenvalue weighted by molar-refractivity contribution is 0.313. The zero-order valence-electron chi connectivity index (χ0n) is 11.6. The van der Waals surface area contributed by atoms with Crippen LogP contribution < -0.4 is 10.2 Å². The van der Waals surface area contributed by atoms with Gasteiger partial charge in [-0.15, -0.1) is 0 Å². The molecule has 3 nitrogen and oxygen atoms in total. The molecule has 1 saturated heterocycles. The minimum absolute atomic E-state index is 0.674. The summed E-state index contributed by atoms with van der Waals surface area (Å²) >= 11 is 0. The van der Waals surface area contributed by atoms with Gasteiger partial charge in [0.2, 0.25) is 0 Å². The van der Waals surface area contributed by atoms with Crippen molar-refractivity contribution in [1.82, 2.24) is 10.3 Å². The summed E-state index contributed by atoms with van der Waals surface area (Å²) < 4.78 is 0. The van der Waals surface area contributed by atoms with E-state index < -0.39 is 0 Å². The van der Waals surface area contributed by atoms with Gasteiger partial charge in [0.1, 0.15) is 5.82 Å². The Balaban J connectivity index is 1.64. The summed E-state index contributed by atoms with van der Waals surface area (Å²) in [5.74, 6) is 2.25. The smallest absolute Gasteiger partial charge is 0.132 e. The molecule has 1 aromatic rings. The zero-order valence-corrected chi connectivity index (χ0v) is 11.6. The average molecular weight is 257 g/mol. The molecule has 0 amide bonds. The molecule has 4 rings (SSSR count). The molecule has 3 heterocycles. The van der Waals surface area contributed by atoms with E-state index in [4.69, 9.17) is 4.98 Å². The highest BCUT2D eigenvalue weighted by Crippen LogP contribution is 2.36. The van der Waals surface area contributed by atoms with Gasteiger partial charge in [0, 0.05) is 31.9 Å². The van der Waals surface area contributed by atoms with Crippen molar-refractivity contribution in [2.24, 2.45) is 5.92 Å². The van der Waals surface area contributed by atoms with Crippen molar-refractivity contribution < 1.29 is 0 Å². The van der Waals surface area contributed by atoms with Crippen molar-refractivity contribution in [3.63, 3.8) is 0 Å². The molecule has 1 N–H and O–H groups in total. The van der Waals surface area contributed by atoms with Crippen LogP contribution in [0.15, 0.2) is 12.3 Å². The van der Waals surface area contributed by atoms with Crippen molar-refractivity contribution >= 4 is 5.82 Å². The molecular formula is C16H23N3. The summed E-state index contributed by atoms with van der Waals surface area (Å²) in [7, 11) is 0. The number of rotatable bonds is 2. The van der Waals surface area contributed by atoms with Gasteiger partial charge < -0.3 is 10.2 Å². The molecule has 2 fully saturated rings. The average Bonchev–Trinajstić information content (AvgIpc) is 2.42. The van der Waals surface area contributed by atoms with Crippen molar-refractivity contribution in [1.29, 1.82) is 0 Å². The molecule has 2 aliphatic heterocycles. The number of hydrogen-bond acceptors (Lipinski definition) is 3. The summed E-state index contributed by atoms with van der Waals surface area (Å²) in [5.41, 5.74) is 3.15. The van der Waals surface area contributed by atoms with Crippen molar-refractivity contribution in [2.75, 3.05) is 24.5 Å². The van der Waals surface area contributed by atoms with Gasteiger partial charge in [0.15, 0.2) is 0 Å². The molecule has 1 aliphatic carbocycles. The summed E-state index contributed by atoms with van der Waals surface area (Å²) in [4.78, 5) is 7.27. The number of hydrogen-bond donors (Lipinski definition) is 1. The molecule has 19 heavy (non-hydrogen) atoms. The fraction of sp³-hybridized carbons (Fsp3) is 0.688. The topological polar surface area (TPSA) is 28.2 Å². The maximum absolute atomic E-state index is 4.71. The highest BCUT2D eigenvalue weighted by molar-refractivity contribution is 5.54. The molecule has 1 aromatic heterocycles. The minimum Gasteiger partial charge on any atom is -0.351 e. The van der Waals surface area contributed by atoms with Crippen molar-refractivity contribution in [2.45, 2.75) is 44.6 Å². The summed E-state index contributed by atoms with van der Waals surface area (Å²) in [6.45, 7) is 3.36. The lowest BCUT2D eigenvalue weighted by Crippen LogP contribution is -2.53. The number of aromatic nitrogens is 1. The first-order chi connectivity index (χ1) is 9.42. The van der Waals surface area contributed by atoms with Crippen LogP contribution in [0, 0.1) is 5.92 Å². The van der Waals surface area contributed by atoms with E-state index in [2.05, 4.69) is 16.3 Å². The lowest BCUT2D eigenvalue weighted by Gasteiger charge is -2.42. The fourth-order valence-corrected chi connectivity index (χ4v) is 3.85. The van der Waals surface area contributed by atoms with Crippen LogP contribution >= 0.6 is 0 Å². The van der Waals surface area contributed by atoms with Crippen LogP contribution in [-0.2, 0) is 12.8 Å². The Labute approximate surface area is 115 Å². The van der Waals surface area contributed by atoms with Crippen LogP contribution in [0.5, 0.6) is 0 Å². The summed E-state index contributed by atoms with van der Waals surface area (Å²) in [5, 5.41) is 3.51. The Morgan fingerprint density at radius 1 is 1.32 bits per heavy atom. The number of fused-ring (bicyclic) bond motifs is 3. The molecule has 0 unspecified atom stereocenters. The first-order valence-electron chi connectivity index (χ1n) is 7.86. The van der Waals surface area contributed by atoms with Crippen LogP contribution in [0.25, 0.3) is 0 Å². The first-order valence-corrected chi connectivity index (χ1v) is 7.86. The molecule has 0 spiro atoms. The second kappa shape index (κ2) is 4.78. The molecular weight excluding hydrogens is 234 g/mol. The second-order valence-corrected chi connectivity index (χ2v) is 6.36. The number of anilines is 1. The molecule has 102 valence electrons. The van der Waals surface area contributed by atoms with Crippen LogP contribution in [-0.4, -0.2) is 30.7 Å². The van der Waals surface area contributed by atoms with E-state index in [1.165, 1.54) is 44.3 Å². The number of piperazine rings is 1. The van der Waals surface area contributed by atoms with Crippen LogP contribution in [0.1, 0.15) is 36.8 Å². The Kier molecular flexibility index (Phi) is 2.95. The summed E-state index contributed by atoms with van der Waals surface area (Å²) in [6, 6.07) is 2.95. The maximum atomic E-state index is 4.71. The number of pyridine rings is 1. The maximum Gasteiger partial charge on any atom is 0.132 e. The van der Waals surface area contributed by atoms with Gasteiger partial charge in [-0.05, 0) is 42.4 Å². The van der Waals surface area contributed by atoms with Crippen LogP contribution in [0.4, 0.5) is 5.82 Å². The van der Waals surface area contributed by atoms with E-state index in [-0.39, 0.29) is 0 Å². The van der Waals surface area contributed by atoms with Gasteiger partial charge in [-0.3, -0.25) is 0 Å². The van der Waals surface area contributed by atoms with Gasteiger partial charge in [0.05, 0.1) is 0 Å². The Hall–Kier alpha value is -1.09. The van der Waals surface area contributed by atoms with Crippen molar-refractivity contribution in [3.05, 3.63) is 23.4 Å². The third-order valence-electron chi connectivity index (χ3n) is 5.21. The minimum atomic E-state index is 0.674. The van der Waals surface area contributed by atoms with Gasteiger partial charge >= 0.3 is 0 Å². The molecule has 0 bridgehead atoms. The summed E-state index contributed by atoms with van der Waals surface area (Å²) in [6.07, 6.45) is 10.2. The molecule has 1 atom stereocenters. The lowest BCUT2D eigenvalue weighted by atomic mass is 9.79. The predicted octanol–water partition coefficient (Wildman–Crippen LogP) is 2.15. The molecule has 1 saturated carbocycles. The normalized spacial score (nSPS) is 26.5. The molecule has 3 heteroatoms. The zero-order chi connectivity index (χ0) is 12.7. The van der Waals surface area contributed by atoms with Crippen LogP contribution in [0.3, 0.4) is 0 Å². The Morgan fingerprint density at radius 2 is 2.26 bits per heavy atom. The largest absolute Gasteiger partial charge is 0.351 e. The monoisotopic (exact) mass is 257 g/mol. The Morgan fingerprint density at radius 3 is 3.11 bits per heavy atom. The van der Waals surface area contributed by atoms with E-state index in [9.17, 15) is 0 Å². The SMILES string of the molecule is c1cc(CC2CCC2)c2c(n1)N1CCNC[C@H]1CC2. The van der Waals surface area contributed by atoms with Crippen LogP contribution in [0.2, 0.25) is 0 Å². The van der Waals surface area contributed by atoms with E-state index >= 15 is 0 Å². The van der Waals surface area contributed by atoms with E-state index in [0.29, 0.717) is 6.04 Å². The van der Waals surface area contributed by atoms with Crippen molar-refractivity contribution in [3.8, 4) is 0 Å². The quantitative estimate of drug-likeness (QED) is 0.880. The molecule has 0 radical (unpaired) electrons. The third-order valence-corrected chi connectivity index (χ3v) is 5.21. The third kappa shape index (κ3) is 2.04. The van der Waals surface area contributed by atoms with Gasteiger partial charge in [0.25, 0.3) is 0 Å².